The summed E-state index contributed by atoms with van der Waals surface area (Å²) in [4.78, 5) is 12.6. The molecule has 1 heterocycles. The zero-order valence-corrected chi connectivity index (χ0v) is 12.1. The van der Waals surface area contributed by atoms with Gasteiger partial charge in [0, 0.05) is 36.6 Å². The predicted octanol–water partition coefficient (Wildman–Crippen LogP) is 4.12. The van der Waals surface area contributed by atoms with Gasteiger partial charge in [0.15, 0.2) is 0 Å². The molecular weight excluding hydrogens is 274 g/mol. The number of hydrogen-bond donors (Lipinski definition) is 0. The van der Waals surface area contributed by atoms with Crippen LogP contribution in [0.5, 0.6) is 0 Å². The predicted molar refractivity (Wildman–Crippen MR) is 94.0 cm³/mol. The molecule has 0 bridgehead atoms. The van der Waals surface area contributed by atoms with Crippen LogP contribution in [0, 0.1) is 0 Å². The minimum atomic E-state index is 0.484. The third-order valence-corrected chi connectivity index (χ3v) is 2.60. The molecule has 4 heteroatoms. The van der Waals surface area contributed by atoms with E-state index >= 15 is 0 Å². The molecule has 22 heavy (non-hydrogen) atoms. The van der Waals surface area contributed by atoms with Gasteiger partial charge in [-0.3, -0.25) is 15.0 Å². The lowest BCUT2D eigenvalue weighted by Crippen LogP contribution is -1.81. The van der Waals surface area contributed by atoms with Crippen molar-refractivity contribution in [3.05, 3.63) is 72.8 Å². The number of fused-ring (bicyclic) bond motifs is 1. The molecule has 0 aliphatic carbocycles. The highest BCUT2D eigenvalue weighted by atomic mass is 16.5. The van der Waals surface area contributed by atoms with Crippen molar-refractivity contribution >= 4 is 30.4 Å². The van der Waals surface area contributed by atoms with Crippen LogP contribution in [0.4, 0.5) is 5.69 Å². The highest BCUT2D eigenvalue weighted by molar-refractivity contribution is 5.82. The summed E-state index contributed by atoms with van der Waals surface area (Å²) in [6.45, 7) is 0.484. The van der Waals surface area contributed by atoms with E-state index in [0.29, 0.717) is 6.61 Å². The fourth-order valence-electron chi connectivity index (χ4n) is 1.61. The lowest BCUT2D eigenvalue weighted by atomic mass is 10.1. The van der Waals surface area contributed by atoms with Crippen LogP contribution in [0.25, 0.3) is 6.08 Å². The van der Waals surface area contributed by atoms with E-state index in [1.807, 2.05) is 48.6 Å². The fourth-order valence-corrected chi connectivity index (χ4v) is 1.61. The van der Waals surface area contributed by atoms with Gasteiger partial charge in [-0.1, -0.05) is 24.3 Å². The van der Waals surface area contributed by atoms with Crippen molar-refractivity contribution in [2.24, 2.45) is 15.0 Å². The molecule has 0 unspecified atom stereocenters. The molecule has 0 fully saturated rings. The van der Waals surface area contributed by atoms with E-state index in [9.17, 15) is 0 Å². The number of para-hydroxylation sites is 1. The van der Waals surface area contributed by atoms with Crippen LogP contribution < -0.4 is 0 Å². The second kappa shape index (κ2) is 9.83. The molecular formula is C18H17N3O. The Morgan fingerprint density at radius 3 is 2.59 bits per heavy atom. The van der Waals surface area contributed by atoms with Crippen molar-refractivity contribution in [1.29, 1.82) is 0 Å². The first-order valence-corrected chi connectivity index (χ1v) is 6.90. The Bertz CT molecular complexity index is 665. The van der Waals surface area contributed by atoms with Crippen LogP contribution in [0.1, 0.15) is 5.56 Å². The highest BCUT2D eigenvalue weighted by Crippen LogP contribution is 2.19. The van der Waals surface area contributed by atoms with Gasteiger partial charge in [-0.05, 0) is 30.4 Å². The summed E-state index contributed by atoms with van der Waals surface area (Å²) in [6, 6.07) is 7.91. The molecule has 2 rings (SSSR count). The van der Waals surface area contributed by atoms with Crippen molar-refractivity contribution in [3.63, 3.8) is 0 Å². The first-order valence-electron chi connectivity index (χ1n) is 6.90. The third kappa shape index (κ3) is 5.96. The summed E-state index contributed by atoms with van der Waals surface area (Å²) in [6.07, 6.45) is 19.2. The van der Waals surface area contributed by atoms with Crippen molar-refractivity contribution in [1.82, 2.24) is 0 Å². The number of rotatable bonds is 0. The topological polar surface area (TPSA) is 46.3 Å². The maximum Gasteiger partial charge on any atom is 0.106 e. The Kier molecular flexibility index (Phi) is 6.87. The first kappa shape index (κ1) is 15.4. The Morgan fingerprint density at radius 2 is 1.68 bits per heavy atom. The Morgan fingerprint density at radius 1 is 0.864 bits per heavy atom. The molecule has 0 saturated heterocycles. The molecule has 110 valence electrons. The van der Waals surface area contributed by atoms with Gasteiger partial charge in [0.25, 0.3) is 0 Å². The van der Waals surface area contributed by atoms with Crippen LogP contribution in [0.3, 0.4) is 0 Å². The van der Waals surface area contributed by atoms with E-state index in [2.05, 4.69) is 15.0 Å². The van der Waals surface area contributed by atoms with E-state index in [0.717, 1.165) is 11.3 Å². The molecule has 1 aromatic carbocycles. The van der Waals surface area contributed by atoms with Gasteiger partial charge in [0.1, 0.15) is 6.61 Å². The monoisotopic (exact) mass is 291 g/mol. The lowest BCUT2D eigenvalue weighted by Gasteiger charge is -1.98. The van der Waals surface area contributed by atoms with Crippen LogP contribution in [0.15, 0.2) is 82.2 Å². The second-order valence-electron chi connectivity index (χ2n) is 4.18. The second-order valence-corrected chi connectivity index (χ2v) is 4.18. The van der Waals surface area contributed by atoms with Crippen LogP contribution >= 0.6 is 0 Å². The summed E-state index contributed by atoms with van der Waals surface area (Å²) < 4.78 is 5.26. The van der Waals surface area contributed by atoms with Crippen molar-refractivity contribution < 1.29 is 4.74 Å². The Hall–Kier alpha value is -3.01. The average molecular weight is 291 g/mol. The molecule has 1 aromatic rings. The summed E-state index contributed by atoms with van der Waals surface area (Å²) >= 11 is 0. The smallest absolute Gasteiger partial charge is 0.106 e. The Balaban J connectivity index is 2.18. The van der Waals surface area contributed by atoms with Crippen molar-refractivity contribution in [2.45, 2.75) is 0 Å². The van der Waals surface area contributed by atoms with Gasteiger partial charge in [-0.25, -0.2) is 0 Å². The van der Waals surface area contributed by atoms with Gasteiger partial charge in [-0.15, -0.1) is 0 Å². The highest BCUT2D eigenvalue weighted by Gasteiger charge is 1.93. The van der Waals surface area contributed by atoms with E-state index < -0.39 is 0 Å². The zero-order chi connectivity index (χ0) is 15.3. The number of benzene rings is 1. The number of ether oxygens (including phenoxy) is 1. The summed E-state index contributed by atoms with van der Waals surface area (Å²) in [5.74, 6) is 0. The van der Waals surface area contributed by atoms with Crippen molar-refractivity contribution in [2.75, 3.05) is 6.61 Å². The SMILES string of the molecule is C1=CCOC=CC=NC=CN=CC=Cc2ccccc2N=C1. The molecule has 4 nitrogen and oxygen atoms in total. The van der Waals surface area contributed by atoms with Crippen LogP contribution in [0.2, 0.25) is 0 Å². The van der Waals surface area contributed by atoms with Gasteiger partial charge < -0.3 is 4.74 Å². The van der Waals surface area contributed by atoms with Crippen molar-refractivity contribution in [3.8, 4) is 0 Å². The summed E-state index contributed by atoms with van der Waals surface area (Å²) in [5.41, 5.74) is 1.93. The molecule has 1 aliphatic rings. The van der Waals surface area contributed by atoms with Gasteiger partial charge in [-0.2, -0.15) is 0 Å². The summed E-state index contributed by atoms with van der Waals surface area (Å²) in [5, 5.41) is 0. The van der Waals surface area contributed by atoms with Gasteiger partial charge in [0.2, 0.25) is 0 Å². The minimum absolute atomic E-state index is 0.484. The van der Waals surface area contributed by atoms with E-state index in [1.165, 1.54) is 0 Å². The molecule has 0 radical (unpaired) electrons. The maximum absolute atomic E-state index is 5.26. The van der Waals surface area contributed by atoms with E-state index in [4.69, 9.17) is 4.74 Å². The quantitative estimate of drug-likeness (QED) is 0.709. The van der Waals surface area contributed by atoms with E-state index in [1.54, 1.807) is 43.4 Å². The molecule has 0 atom stereocenters. The zero-order valence-electron chi connectivity index (χ0n) is 12.1. The molecule has 0 saturated carbocycles. The average Bonchev–Trinajstić information content (AvgIpc) is 2.55. The maximum atomic E-state index is 5.26. The van der Waals surface area contributed by atoms with Gasteiger partial charge in [0.05, 0.1) is 11.9 Å². The molecule has 0 N–H and O–H groups in total. The molecule has 1 aliphatic heterocycles. The largest absolute Gasteiger partial charge is 0.497 e. The standard InChI is InChI=1S/C18H17N3O/c1-2-9-18-17(7-1)8-5-10-19-13-14-20-11-6-16-22-15-4-3-12-21-18/h1-14,16H,15H2. The minimum Gasteiger partial charge on any atom is -0.497 e. The number of hydrogen-bond acceptors (Lipinski definition) is 4. The lowest BCUT2D eigenvalue weighted by molar-refractivity contribution is 0.290. The fraction of sp³-hybridized carbons (Fsp3) is 0.0556. The summed E-state index contributed by atoms with van der Waals surface area (Å²) in [7, 11) is 0. The van der Waals surface area contributed by atoms with Crippen LogP contribution in [-0.4, -0.2) is 25.3 Å². The number of nitrogens with zero attached hydrogens (tertiary/aromatic N) is 3. The van der Waals surface area contributed by atoms with Crippen LogP contribution in [-0.2, 0) is 4.74 Å². The molecule has 0 amide bonds. The number of allylic oxidation sites excluding steroid dienone is 3. The Labute approximate surface area is 130 Å². The van der Waals surface area contributed by atoms with Gasteiger partial charge >= 0.3 is 0 Å². The third-order valence-electron chi connectivity index (χ3n) is 2.60. The molecule has 0 spiro atoms. The van der Waals surface area contributed by atoms with E-state index in [-0.39, 0.29) is 0 Å². The molecule has 0 aromatic heterocycles. The number of aliphatic imine (C=N–C) groups is 3. The first-order chi connectivity index (χ1) is 11.0. The normalized spacial score (nSPS) is 15.1.